The second-order valence-corrected chi connectivity index (χ2v) is 7.33. The number of rotatable bonds is 6. The Labute approximate surface area is 151 Å². The highest BCUT2D eigenvalue weighted by Gasteiger charge is 2.18. The summed E-state index contributed by atoms with van der Waals surface area (Å²) in [5.74, 6) is -0.139. The van der Waals surface area contributed by atoms with Gasteiger partial charge in [0.15, 0.2) is 5.16 Å². The zero-order valence-corrected chi connectivity index (χ0v) is 15.9. The van der Waals surface area contributed by atoms with Gasteiger partial charge >= 0.3 is 0 Å². The van der Waals surface area contributed by atoms with Crippen molar-refractivity contribution in [2.45, 2.75) is 44.7 Å². The molecule has 0 aliphatic carbocycles. The smallest absolute Gasteiger partial charge is 0.251 e. The van der Waals surface area contributed by atoms with Gasteiger partial charge in [-0.25, -0.2) is 4.98 Å². The third kappa shape index (κ3) is 5.17. The number of thioether (sulfide) groups is 1. The molecule has 0 spiro atoms. The predicted octanol–water partition coefficient (Wildman–Crippen LogP) is 2.96. The van der Waals surface area contributed by atoms with Crippen molar-refractivity contribution in [3.63, 3.8) is 0 Å². The number of benzene rings is 1. The Morgan fingerprint density at radius 2 is 1.92 bits per heavy atom. The van der Waals surface area contributed by atoms with Crippen LogP contribution in [0.4, 0.5) is 5.69 Å². The summed E-state index contributed by atoms with van der Waals surface area (Å²) < 4.78 is 5.00. The SMILES string of the molecule is COCc1cc(=O)[nH]c(SC(C)C(=O)Nc2c(C)cc(C)cc2C)n1. The molecule has 2 N–H and O–H groups in total. The third-order valence-electron chi connectivity index (χ3n) is 3.65. The number of ether oxygens (including phenoxy) is 1. The van der Waals surface area contributed by atoms with Crippen molar-refractivity contribution in [2.24, 2.45) is 0 Å². The lowest BCUT2D eigenvalue weighted by Gasteiger charge is -2.16. The van der Waals surface area contributed by atoms with E-state index in [1.165, 1.54) is 24.9 Å². The monoisotopic (exact) mass is 361 g/mol. The van der Waals surface area contributed by atoms with Crippen molar-refractivity contribution in [1.82, 2.24) is 9.97 Å². The molecule has 6 nitrogen and oxygen atoms in total. The summed E-state index contributed by atoms with van der Waals surface area (Å²) in [5.41, 5.74) is 4.31. The standard InChI is InChI=1S/C18H23N3O3S/c1-10-6-11(2)16(12(3)7-10)21-17(23)13(4)25-18-19-14(9-24-5)8-15(22)20-18/h6-8,13H,9H2,1-5H3,(H,21,23)(H,19,20,22). The highest BCUT2D eigenvalue weighted by Crippen LogP contribution is 2.25. The Morgan fingerprint density at radius 3 is 2.52 bits per heavy atom. The molecule has 0 saturated carbocycles. The molecule has 1 heterocycles. The molecule has 1 aromatic carbocycles. The molecule has 2 aromatic rings. The minimum Gasteiger partial charge on any atom is -0.378 e. The lowest BCUT2D eigenvalue weighted by atomic mass is 10.1. The number of methoxy groups -OCH3 is 1. The van der Waals surface area contributed by atoms with Crippen molar-refractivity contribution in [3.8, 4) is 0 Å². The lowest BCUT2D eigenvalue weighted by Crippen LogP contribution is -2.24. The maximum absolute atomic E-state index is 12.5. The van der Waals surface area contributed by atoms with E-state index in [1.807, 2.05) is 32.9 Å². The lowest BCUT2D eigenvalue weighted by molar-refractivity contribution is -0.115. The van der Waals surface area contributed by atoms with E-state index in [1.54, 1.807) is 6.92 Å². The molecule has 0 bridgehead atoms. The summed E-state index contributed by atoms with van der Waals surface area (Å²) in [6.07, 6.45) is 0. The van der Waals surface area contributed by atoms with Gasteiger partial charge in [0, 0.05) is 18.9 Å². The number of hydrogen-bond acceptors (Lipinski definition) is 5. The number of hydrogen-bond donors (Lipinski definition) is 2. The molecule has 0 aliphatic rings. The first-order valence-corrected chi connectivity index (χ1v) is 8.82. The summed E-state index contributed by atoms with van der Waals surface area (Å²) in [5, 5.41) is 2.96. The van der Waals surface area contributed by atoms with Crippen LogP contribution in [0.1, 0.15) is 29.3 Å². The van der Waals surface area contributed by atoms with Crippen molar-refractivity contribution >= 4 is 23.4 Å². The topological polar surface area (TPSA) is 84.1 Å². The maximum atomic E-state index is 12.5. The first kappa shape index (κ1) is 19.2. The molecule has 1 atom stereocenters. The Balaban J connectivity index is 2.12. The number of aromatic amines is 1. The molecular weight excluding hydrogens is 338 g/mol. The van der Waals surface area contributed by atoms with Gasteiger partial charge in [-0.15, -0.1) is 0 Å². The summed E-state index contributed by atoms with van der Waals surface area (Å²) in [7, 11) is 1.54. The second kappa shape index (κ2) is 8.31. The van der Waals surface area contributed by atoms with Crippen molar-refractivity contribution < 1.29 is 9.53 Å². The van der Waals surface area contributed by atoms with Crippen molar-refractivity contribution in [3.05, 3.63) is 50.9 Å². The van der Waals surface area contributed by atoms with Gasteiger partial charge in [0.25, 0.3) is 5.56 Å². The number of carbonyl (C=O) groups excluding carboxylic acids is 1. The van der Waals surface area contributed by atoms with Gasteiger partial charge in [0.1, 0.15) is 0 Å². The second-order valence-electron chi connectivity index (χ2n) is 6.00. The number of anilines is 1. The Hall–Kier alpha value is -2.12. The van der Waals surface area contributed by atoms with Gasteiger partial charge in [-0.1, -0.05) is 29.5 Å². The van der Waals surface area contributed by atoms with Crippen LogP contribution >= 0.6 is 11.8 Å². The average molecular weight is 361 g/mol. The molecule has 0 radical (unpaired) electrons. The van der Waals surface area contributed by atoms with Gasteiger partial charge in [0.2, 0.25) is 5.91 Å². The van der Waals surface area contributed by atoms with E-state index in [-0.39, 0.29) is 18.1 Å². The summed E-state index contributed by atoms with van der Waals surface area (Å²) in [6, 6.07) is 5.46. The van der Waals surface area contributed by atoms with E-state index in [9.17, 15) is 9.59 Å². The van der Waals surface area contributed by atoms with Crippen LogP contribution in [0.15, 0.2) is 28.2 Å². The number of carbonyl (C=O) groups is 1. The zero-order valence-electron chi connectivity index (χ0n) is 15.1. The van der Waals surface area contributed by atoms with Crippen molar-refractivity contribution in [2.75, 3.05) is 12.4 Å². The fourth-order valence-electron chi connectivity index (χ4n) is 2.58. The minimum atomic E-state index is -0.416. The number of aromatic nitrogens is 2. The van der Waals surface area contributed by atoms with Gasteiger partial charge in [-0.05, 0) is 38.8 Å². The number of nitrogens with zero attached hydrogens (tertiary/aromatic N) is 1. The van der Waals surface area contributed by atoms with Crippen LogP contribution in [-0.4, -0.2) is 28.2 Å². The molecule has 2 rings (SSSR count). The molecular formula is C18H23N3O3S. The fraction of sp³-hybridized carbons (Fsp3) is 0.389. The number of nitrogens with one attached hydrogen (secondary N) is 2. The molecule has 1 amide bonds. The van der Waals surface area contributed by atoms with Crippen LogP contribution in [0.5, 0.6) is 0 Å². The number of H-pyrrole nitrogens is 1. The third-order valence-corrected chi connectivity index (χ3v) is 4.63. The van der Waals surface area contributed by atoms with Gasteiger partial charge in [-0.2, -0.15) is 0 Å². The molecule has 134 valence electrons. The van der Waals surface area contributed by atoms with Crippen LogP contribution in [0.25, 0.3) is 0 Å². The molecule has 7 heteroatoms. The van der Waals surface area contributed by atoms with Crippen molar-refractivity contribution in [1.29, 1.82) is 0 Å². The first-order chi connectivity index (χ1) is 11.8. The summed E-state index contributed by atoms with van der Waals surface area (Å²) >= 11 is 1.21. The van der Waals surface area contributed by atoms with Crippen LogP contribution in [0.2, 0.25) is 0 Å². The molecule has 25 heavy (non-hydrogen) atoms. The van der Waals surface area contributed by atoms with E-state index >= 15 is 0 Å². The van der Waals surface area contributed by atoms with Gasteiger partial charge in [0.05, 0.1) is 17.6 Å². The molecule has 0 aliphatic heterocycles. The number of aryl methyl sites for hydroxylation is 3. The van der Waals surface area contributed by atoms with Gasteiger partial charge < -0.3 is 15.0 Å². The van der Waals surface area contributed by atoms with E-state index in [0.29, 0.717) is 10.9 Å². The van der Waals surface area contributed by atoms with E-state index < -0.39 is 5.25 Å². The van der Waals surface area contributed by atoms with Gasteiger partial charge in [-0.3, -0.25) is 9.59 Å². The molecule has 0 saturated heterocycles. The highest BCUT2D eigenvalue weighted by atomic mass is 32.2. The largest absolute Gasteiger partial charge is 0.378 e. The Morgan fingerprint density at radius 1 is 1.28 bits per heavy atom. The quantitative estimate of drug-likeness (QED) is 0.610. The summed E-state index contributed by atoms with van der Waals surface area (Å²) in [4.78, 5) is 31.2. The maximum Gasteiger partial charge on any atom is 0.251 e. The highest BCUT2D eigenvalue weighted by molar-refractivity contribution is 8.00. The average Bonchev–Trinajstić information content (AvgIpc) is 2.50. The normalized spacial score (nSPS) is 12.0. The molecule has 0 fully saturated rings. The van der Waals surface area contributed by atoms with E-state index in [0.717, 1.165) is 22.4 Å². The molecule has 1 aromatic heterocycles. The number of amides is 1. The van der Waals surface area contributed by atoms with Crippen LogP contribution in [0.3, 0.4) is 0 Å². The predicted molar refractivity (Wildman–Crippen MR) is 100 cm³/mol. The Kier molecular flexibility index (Phi) is 6.39. The van der Waals surface area contributed by atoms with E-state index in [2.05, 4.69) is 15.3 Å². The Bertz CT molecular complexity index is 810. The van der Waals surface area contributed by atoms with Crippen LogP contribution in [0, 0.1) is 20.8 Å². The minimum absolute atomic E-state index is 0.139. The fourth-order valence-corrected chi connectivity index (χ4v) is 3.41. The first-order valence-electron chi connectivity index (χ1n) is 7.94. The zero-order chi connectivity index (χ0) is 18.6. The van der Waals surface area contributed by atoms with Crippen LogP contribution in [-0.2, 0) is 16.1 Å². The van der Waals surface area contributed by atoms with Crippen LogP contribution < -0.4 is 10.9 Å². The molecule has 1 unspecified atom stereocenters. The van der Waals surface area contributed by atoms with E-state index in [4.69, 9.17) is 4.74 Å². The summed E-state index contributed by atoms with van der Waals surface area (Å²) in [6.45, 7) is 8.00.